The molecule has 0 amide bonds. The number of halogens is 1. The molecule has 1 saturated heterocycles. The van der Waals surface area contributed by atoms with Crippen LogP contribution in [-0.2, 0) is 20.9 Å². The molecule has 4 rings (SSSR count). The fraction of sp³-hybridized carbons (Fsp3) is 0.435. The maximum absolute atomic E-state index is 14.6. The second kappa shape index (κ2) is 9.36. The number of piperidine rings is 1. The summed E-state index contributed by atoms with van der Waals surface area (Å²) in [4.78, 5) is 26.7. The molecular formula is C23H26FN3O3S. The minimum absolute atomic E-state index is 0.0299. The molecule has 0 bridgehead atoms. The lowest BCUT2D eigenvalue weighted by atomic mass is 9.93. The Labute approximate surface area is 186 Å². The summed E-state index contributed by atoms with van der Waals surface area (Å²) in [6, 6.07) is 5.98. The Balaban J connectivity index is 1.58. The van der Waals surface area contributed by atoms with Crippen LogP contribution in [0.15, 0.2) is 42.2 Å². The minimum Gasteiger partial charge on any atom is -0.468 e. The second-order valence-electron chi connectivity index (χ2n) is 8.14. The average molecular weight is 444 g/mol. The number of carbonyl (C=O) groups excluding carboxylic acids is 2. The normalized spacial score (nSPS) is 21.8. The molecule has 2 atom stereocenters. The number of methoxy groups -OCH3 is 1. The van der Waals surface area contributed by atoms with E-state index in [4.69, 9.17) is 12.6 Å². The van der Waals surface area contributed by atoms with Crippen LogP contribution in [0.4, 0.5) is 4.39 Å². The van der Waals surface area contributed by atoms with E-state index in [1.807, 2.05) is 6.08 Å². The third-order valence-corrected chi connectivity index (χ3v) is 6.43. The molecule has 6 nitrogen and oxygen atoms in total. The third-order valence-electron chi connectivity index (χ3n) is 5.84. The quantitative estimate of drug-likeness (QED) is 0.526. The number of nitrogens with zero attached hydrogens (tertiary/aromatic N) is 3. The van der Waals surface area contributed by atoms with E-state index in [1.165, 1.54) is 17.9 Å². The van der Waals surface area contributed by atoms with Crippen molar-refractivity contribution in [1.82, 2.24) is 14.7 Å². The van der Waals surface area contributed by atoms with Crippen molar-refractivity contribution in [2.45, 2.75) is 37.1 Å². The largest absolute Gasteiger partial charge is 0.468 e. The lowest BCUT2D eigenvalue weighted by Gasteiger charge is -2.37. The number of ether oxygens (including phenoxy) is 1. The van der Waals surface area contributed by atoms with E-state index in [0.717, 1.165) is 30.4 Å². The van der Waals surface area contributed by atoms with Crippen LogP contribution >= 0.6 is 12.6 Å². The van der Waals surface area contributed by atoms with Crippen molar-refractivity contribution in [3.8, 4) is 0 Å². The number of hydrogen-bond acceptors (Lipinski definition) is 6. The van der Waals surface area contributed by atoms with E-state index in [1.54, 1.807) is 30.6 Å². The molecular weight excluding hydrogens is 417 g/mol. The molecule has 8 heteroatoms. The summed E-state index contributed by atoms with van der Waals surface area (Å²) in [5, 5.41) is 4.24. The van der Waals surface area contributed by atoms with Crippen molar-refractivity contribution in [3.05, 3.63) is 59.2 Å². The van der Waals surface area contributed by atoms with Crippen molar-refractivity contribution >= 4 is 30.5 Å². The zero-order chi connectivity index (χ0) is 22.0. The highest BCUT2D eigenvalue weighted by atomic mass is 32.1. The van der Waals surface area contributed by atoms with Gasteiger partial charge in [0.15, 0.2) is 5.78 Å². The smallest absolute Gasteiger partial charge is 0.327 e. The number of benzene rings is 1. The summed E-state index contributed by atoms with van der Waals surface area (Å²) in [5.41, 5.74) is 2.33. The molecule has 1 aromatic heterocycles. The van der Waals surface area contributed by atoms with Gasteiger partial charge in [-0.2, -0.15) is 17.7 Å². The molecule has 2 aromatic rings. The zero-order valence-corrected chi connectivity index (χ0v) is 18.3. The first-order chi connectivity index (χ1) is 15.0. The number of esters is 1. The first kappa shape index (κ1) is 21.8. The molecule has 0 N–H and O–H groups in total. The molecule has 31 heavy (non-hydrogen) atoms. The van der Waals surface area contributed by atoms with Gasteiger partial charge in [-0.05, 0) is 30.9 Å². The fourth-order valence-electron chi connectivity index (χ4n) is 4.02. The molecule has 1 aromatic carbocycles. The molecule has 2 heterocycles. The molecule has 2 fully saturated rings. The van der Waals surface area contributed by atoms with E-state index in [0.29, 0.717) is 18.7 Å². The number of rotatable bonds is 7. The summed E-state index contributed by atoms with van der Waals surface area (Å²) in [5.74, 6) is -0.580. The van der Waals surface area contributed by atoms with Crippen LogP contribution in [0.5, 0.6) is 0 Å². The van der Waals surface area contributed by atoms with Crippen molar-refractivity contribution in [1.29, 1.82) is 0 Å². The standard InChI is InChI=1S/C23H26FN3O3S/c1-30-21(28)14-27-12-15(11-25-27)10-17-13-26(9-8-20(17)31)22(23(29)16-6-7-16)18-4-2-3-5-19(18)24/h2-5,10-12,16,20,22,31H,6-9,13-14H2,1H3/b17-10+. The van der Waals surface area contributed by atoms with Crippen molar-refractivity contribution < 1.29 is 18.7 Å². The van der Waals surface area contributed by atoms with Gasteiger partial charge >= 0.3 is 5.97 Å². The van der Waals surface area contributed by atoms with Crippen molar-refractivity contribution in [2.24, 2.45) is 5.92 Å². The molecule has 164 valence electrons. The number of likely N-dealkylation sites (tertiary alicyclic amines) is 1. The molecule has 0 spiro atoms. The topological polar surface area (TPSA) is 64.4 Å². The fourth-order valence-corrected chi connectivity index (χ4v) is 4.30. The monoisotopic (exact) mass is 443 g/mol. The minimum atomic E-state index is -0.583. The lowest BCUT2D eigenvalue weighted by molar-refractivity contribution is -0.141. The lowest BCUT2D eigenvalue weighted by Crippen LogP contribution is -2.42. The maximum atomic E-state index is 14.6. The molecule has 1 aliphatic heterocycles. The summed E-state index contributed by atoms with van der Waals surface area (Å²) >= 11 is 4.73. The van der Waals surface area contributed by atoms with Gasteiger partial charge < -0.3 is 4.74 Å². The highest BCUT2D eigenvalue weighted by Crippen LogP contribution is 2.39. The van der Waals surface area contributed by atoms with Gasteiger partial charge in [0.25, 0.3) is 0 Å². The first-order valence-electron chi connectivity index (χ1n) is 10.5. The Morgan fingerprint density at radius 1 is 1.32 bits per heavy atom. The van der Waals surface area contributed by atoms with Crippen LogP contribution < -0.4 is 0 Å². The van der Waals surface area contributed by atoms with Crippen LogP contribution in [0.25, 0.3) is 6.08 Å². The predicted molar refractivity (Wildman–Crippen MR) is 118 cm³/mol. The number of carbonyl (C=O) groups is 2. The van der Waals surface area contributed by atoms with Crippen LogP contribution in [-0.4, -0.2) is 51.9 Å². The van der Waals surface area contributed by atoms with Crippen molar-refractivity contribution in [3.63, 3.8) is 0 Å². The molecule has 1 saturated carbocycles. The Morgan fingerprint density at radius 2 is 2.10 bits per heavy atom. The number of aromatic nitrogens is 2. The molecule has 2 aliphatic rings. The zero-order valence-electron chi connectivity index (χ0n) is 17.4. The van der Waals surface area contributed by atoms with Gasteiger partial charge in [-0.25, -0.2) is 4.39 Å². The van der Waals surface area contributed by atoms with Crippen LogP contribution in [0, 0.1) is 11.7 Å². The van der Waals surface area contributed by atoms with Gasteiger partial charge in [0.1, 0.15) is 12.4 Å². The van der Waals surface area contributed by atoms with Gasteiger partial charge in [0.2, 0.25) is 0 Å². The molecule has 0 radical (unpaired) electrons. The van der Waals surface area contributed by atoms with Gasteiger partial charge in [-0.3, -0.25) is 19.2 Å². The van der Waals surface area contributed by atoms with E-state index in [2.05, 4.69) is 14.7 Å². The Morgan fingerprint density at radius 3 is 2.81 bits per heavy atom. The summed E-state index contributed by atoms with van der Waals surface area (Å²) < 4.78 is 20.8. The SMILES string of the molecule is COC(=O)Cn1cc(/C=C2\CN(C(C(=O)C3CC3)c3ccccc3F)CCC2S)cn1. The summed E-state index contributed by atoms with van der Waals surface area (Å²) in [7, 11) is 1.34. The molecule has 2 unspecified atom stereocenters. The van der Waals surface area contributed by atoms with Gasteiger partial charge in [0.05, 0.1) is 19.3 Å². The van der Waals surface area contributed by atoms with E-state index in [9.17, 15) is 14.0 Å². The van der Waals surface area contributed by atoms with Gasteiger partial charge in [-0.1, -0.05) is 24.3 Å². The van der Waals surface area contributed by atoms with Gasteiger partial charge in [0, 0.05) is 41.6 Å². The maximum Gasteiger partial charge on any atom is 0.327 e. The predicted octanol–water partition coefficient (Wildman–Crippen LogP) is 3.30. The Kier molecular flexibility index (Phi) is 6.57. The van der Waals surface area contributed by atoms with E-state index >= 15 is 0 Å². The van der Waals surface area contributed by atoms with E-state index in [-0.39, 0.29) is 35.3 Å². The van der Waals surface area contributed by atoms with Crippen LogP contribution in [0.3, 0.4) is 0 Å². The summed E-state index contributed by atoms with van der Waals surface area (Å²) in [6.07, 6.45) is 7.97. The Hall–Kier alpha value is -2.45. The highest BCUT2D eigenvalue weighted by Gasteiger charge is 2.40. The number of hydrogen-bond donors (Lipinski definition) is 1. The number of ketones is 1. The number of Topliss-reactive ketones (excluding diaryl/α,β-unsaturated/α-hetero) is 1. The van der Waals surface area contributed by atoms with Crippen LogP contribution in [0.1, 0.15) is 36.4 Å². The van der Waals surface area contributed by atoms with Crippen LogP contribution in [0.2, 0.25) is 0 Å². The Bertz CT molecular complexity index is 1000. The first-order valence-corrected chi connectivity index (χ1v) is 11.0. The second-order valence-corrected chi connectivity index (χ2v) is 8.77. The van der Waals surface area contributed by atoms with Crippen molar-refractivity contribution in [2.75, 3.05) is 20.2 Å². The van der Waals surface area contributed by atoms with Gasteiger partial charge in [-0.15, -0.1) is 0 Å². The highest BCUT2D eigenvalue weighted by molar-refractivity contribution is 7.81. The molecule has 1 aliphatic carbocycles. The van der Waals surface area contributed by atoms with E-state index < -0.39 is 6.04 Å². The number of thiol groups is 1. The average Bonchev–Trinajstić information content (AvgIpc) is 3.53. The third kappa shape index (κ3) is 5.07. The summed E-state index contributed by atoms with van der Waals surface area (Å²) in [6.45, 7) is 1.24.